The summed E-state index contributed by atoms with van der Waals surface area (Å²) in [6.07, 6.45) is 10.1. The van der Waals surface area contributed by atoms with Crippen LogP contribution >= 0.6 is 0 Å². The maximum atomic E-state index is 14.1. The van der Waals surface area contributed by atoms with Crippen LogP contribution < -0.4 is 0 Å². The number of Topliss-reactive ketones (excluding diaryl/α,β-unsaturated/α-hetero) is 1. The largest absolute Gasteiger partial charge is 0.417 e. The van der Waals surface area contributed by atoms with Gasteiger partial charge in [-0.1, -0.05) is 33.1 Å². The molecule has 1 nitrogen and oxygen atoms in total. The van der Waals surface area contributed by atoms with E-state index < -0.39 is 17.2 Å². The summed E-state index contributed by atoms with van der Waals surface area (Å²) in [6, 6.07) is 0. The monoisotopic (exact) mass is 418 g/mol. The van der Waals surface area contributed by atoms with E-state index in [1.54, 1.807) is 6.08 Å². The third-order valence-electron chi connectivity index (χ3n) is 8.51. The van der Waals surface area contributed by atoms with Gasteiger partial charge in [0.15, 0.2) is 0 Å². The van der Waals surface area contributed by atoms with Crippen molar-refractivity contribution in [2.75, 3.05) is 0 Å². The van der Waals surface area contributed by atoms with Crippen molar-refractivity contribution in [3.63, 3.8) is 0 Å². The fourth-order valence-corrected chi connectivity index (χ4v) is 6.68. The second kappa shape index (κ2) is 7.86. The Morgan fingerprint density at radius 3 is 2.57 bits per heavy atom. The quantitative estimate of drug-likeness (QED) is 0.430. The van der Waals surface area contributed by atoms with E-state index in [1.807, 2.05) is 0 Å². The molecule has 2 fully saturated rings. The average molecular weight is 419 g/mol. The van der Waals surface area contributed by atoms with Crippen molar-refractivity contribution in [2.24, 2.45) is 22.7 Å². The molecule has 0 saturated heterocycles. The molecule has 0 aromatic heterocycles. The first-order valence-electron chi connectivity index (χ1n) is 11.7. The Labute approximate surface area is 178 Å². The van der Waals surface area contributed by atoms with E-state index in [9.17, 15) is 18.0 Å². The van der Waals surface area contributed by atoms with Crippen LogP contribution in [0.2, 0.25) is 0 Å². The number of rotatable bonds is 3. The number of carbonyl (C=O) groups excluding carboxylic acids is 1. The van der Waals surface area contributed by atoms with Gasteiger partial charge in [-0.25, -0.2) is 0 Å². The van der Waals surface area contributed by atoms with Crippen LogP contribution in [-0.2, 0) is 4.79 Å². The molecule has 4 aliphatic carbocycles. The number of ketones is 1. The van der Waals surface area contributed by atoms with Gasteiger partial charge in [0.2, 0.25) is 0 Å². The normalized spacial score (nSPS) is 36.6. The van der Waals surface area contributed by atoms with Crippen LogP contribution in [0.3, 0.4) is 0 Å². The molecular weight excluding hydrogens is 385 g/mol. The summed E-state index contributed by atoms with van der Waals surface area (Å²) in [7, 11) is 0. The predicted molar refractivity (Wildman–Crippen MR) is 113 cm³/mol. The van der Waals surface area contributed by atoms with Gasteiger partial charge in [-0.15, -0.1) is 5.73 Å². The summed E-state index contributed by atoms with van der Waals surface area (Å²) < 4.78 is 39.9. The smallest absolute Gasteiger partial charge is 0.298 e. The molecule has 0 aromatic carbocycles. The van der Waals surface area contributed by atoms with E-state index >= 15 is 0 Å². The lowest BCUT2D eigenvalue weighted by atomic mass is 9.58. The third-order valence-corrected chi connectivity index (χ3v) is 8.51. The van der Waals surface area contributed by atoms with Crippen molar-refractivity contribution < 1.29 is 18.0 Å². The van der Waals surface area contributed by atoms with Gasteiger partial charge in [0.1, 0.15) is 5.78 Å². The fraction of sp³-hybridized carbons (Fsp3) is 0.692. The topological polar surface area (TPSA) is 17.1 Å². The molecule has 2 saturated carbocycles. The van der Waals surface area contributed by atoms with Gasteiger partial charge >= 0.3 is 6.18 Å². The van der Waals surface area contributed by atoms with Gasteiger partial charge in [-0.3, -0.25) is 4.79 Å². The van der Waals surface area contributed by atoms with Crippen molar-refractivity contribution >= 4 is 5.78 Å². The lowest BCUT2D eigenvalue weighted by Crippen LogP contribution is -2.46. The highest BCUT2D eigenvalue weighted by atomic mass is 19.4. The Morgan fingerprint density at radius 1 is 1.13 bits per heavy atom. The Hall–Kier alpha value is -1.54. The number of fused-ring (bicyclic) bond motifs is 1. The van der Waals surface area contributed by atoms with E-state index in [0.717, 1.165) is 55.7 Å². The zero-order valence-electron chi connectivity index (χ0n) is 18.2. The van der Waals surface area contributed by atoms with E-state index in [0.29, 0.717) is 36.9 Å². The standard InChI is InChI=1S/C26H33F3O/c1-3-18-15-21-8-4-5-12-25(21,17-18)23(30)24(2)13-10-19-7-6-9-22(26(27,28)29)16-20(19)11-14-24/h7,9,16,18,21H,3-5,8,10-15,17H2,1-2H3/t18-,21-,24?,25-/m1/s1. The highest BCUT2D eigenvalue weighted by molar-refractivity contribution is 5.91. The van der Waals surface area contributed by atoms with Crippen molar-refractivity contribution in [3.8, 4) is 0 Å². The van der Waals surface area contributed by atoms with Crippen molar-refractivity contribution in [1.29, 1.82) is 0 Å². The van der Waals surface area contributed by atoms with Crippen molar-refractivity contribution in [3.05, 3.63) is 40.7 Å². The molecule has 0 spiro atoms. The van der Waals surface area contributed by atoms with Crippen molar-refractivity contribution in [1.82, 2.24) is 0 Å². The van der Waals surface area contributed by atoms with Crippen LogP contribution in [0.5, 0.6) is 0 Å². The van der Waals surface area contributed by atoms with E-state index in [1.165, 1.54) is 18.9 Å². The Balaban J connectivity index is 1.59. The van der Waals surface area contributed by atoms with Gasteiger partial charge in [-0.05, 0) is 92.6 Å². The van der Waals surface area contributed by atoms with E-state index in [4.69, 9.17) is 0 Å². The fourth-order valence-electron chi connectivity index (χ4n) is 6.68. The van der Waals surface area contributed by atoms with Crippen molar-refractivity contribution in [2.45, 2.75) is 90.7 Å². The van der Waals surface area contributed by atoms with Crippen LogP contribution in [0.15, 0.2) is 40.7 Å². The number of hydrogen-bond donors (Lipinski definition) is 0. The molecular formula is C26H33F3O. The van der Waals surface area contributed by atoms with Crippen LogP contribution in [-0.4, -0.2) is 12.0 Å². The molecule has 1 unspecified atom stereocenters. The minimum Gasteiger partial charge on any atom is -0.298 e. The Kier molecular flexibility index (Phi) is 5.68. The lowest BCUT2D eigenvalue weighted by Gasteiger charge is -2.44. The number of carbonyl (C=O) groups is 1. The van der Waals surface area contributed by atoms with Crippen LogP contribution in [0.4, 0.5) is 13.2 Å². The Bertz CT molecular complexity index is 839. The maximum Gasteiger partial charge on any atom is 0.417 e. The first kappa shape index (κ1) is 21.7. The minimum absolute atomic E-state index is 0.182. The molecule has 0 N–H and O–H groups in total. The van der Waals surface area contributed by atoms with Gasteiger partial charge in [0.05, 0.1) is 5.57 Å². The van der Waals surface area contributed by atoms with Gasteiger partial charge in [0.25, 0.3) is 0 Å². The van der Waals surface area contributed by atoms with E-state index in [2.05, 4.69) is 19.6 Å². The molecule has 0 aromatic rings. The molecule has 0 amide bonds. The highest BCUT2D eigenvalue weighted by Crippen LogP contribution is 2.59. The number of halogens is 3. The first-order chi connectivity index (χ1) is 14.2. The molecule has 0 radical (unpaired) electrons. The first-order valence-corrected chi connectivity index (χ1v) is 11.7. The van der Waals surface area contributed by atoms with Crippen LogP contribution in [0, 0.1) is 22.7 Å². The molecule has 0 bridgehead atoms. The summed E-state index contributed by atoms with van der Waals surface area (Å²) in [5.74, 6) is 1.58. The predicted octanol–water partition coefficient (Wildman–Crippen LogP) is 7.64. The molecule has 4 atom stereocenters. The summed E-state index contributed by atoms with van der Waals surface area (Å²) in [4.78, 5) is 14.1. The number of alkyl halides is 3. The SMILES string of the molecule is CC[C@@H]1C[C@H]2CCCC[C@@]2(C(=O)C2(C)CCC3=C(C=C(C(F)(F)F)C=C=C3)CC2)C1. The van der Waals surface area contributed by atoms with Crippen LogP contribution in [0.1, 0.15) is 84.5 Å². The number of hydrogen-bond acceptors (Lipinski definition) is 1. The molecule has 4 aliphatic rings. The van der Waals surface area contributed by atoms with E-state index in [-0.39, 0.29) is 5.41 Å². The summed E-state index contributed by atoms with van der Waals surface area (Å²) in [6.45, 7) is 4.33. The van der Waals surface area contributed by atoms with Gasteiger partial charge in [-0.2, -0.15) is 13.2 Å². The lowest BCUT2D eigenvalue weighted by molar-refractivity contribution is -0.143. The van der Waals surface area contributed by atoms with Crippen LogP contribution in [0.25, 0.3) is 0 Å². The zero-order valence-corrected chi connectivity index (χ0v) is 18.2. The molecule has 164 valence electrons. The van der Waals surface area contributed by atoms with Gasteiger partial charge < -0.3 is 0 Å². The molecule has 0 aliphatic heterocycles. The number of allylic oxidation sites excluding steroid dienone is 5. The highest BCUT2D eigenvalue weighted by Gasteiger charge is 2.56. The summed E-state index contributed by atoms with van der Waals surface area (Å²) >= 11 is 0. The zero-order chi connectivity index (χ0) is 21.6. The molecule has 30 heavy (non-hydrogen) atoms. The maximum absolute atomic E-state index is 14.1. The minimum atomic E-state index is -4.37. The second-order valence-corrected chi connectivity index (χ2v) is 10.3. The molecule has 0 heterocycles. The van der Waals surface area contributed by atoms with Gasteiger partial charge in [0, 0.05) is 10.8 Å². The molecule has 4 rings (SSSR count). The average Bonchev–Trinajstić information content (AvgIpc) is 2.86. The molecule has 4 heteroatoms. The summed E-state index contributed by atoms with van der Waals surface area (Å²) in [5, 5.41) is 0. The third kappa shape index (κ3) is 3.77. The second-order valence-electron chi connectivity index (χ2n) is 10.3. The Morgan fingerprint density at radius 2 is 1.87 bits per heavy atom. The summed E-state index contributed by atoms with van der Waals surface area (Å²) in [5.41, 5.74) is 3.09.